The summed E-state index contributed by atoms with van der Waals surface area (Å²) in [6, 6.07) is 12.8. The molecule has 0 saturated carbocycles. The minimum atomic E-state index is -1.32. The maximum absolute atomic E-state index is 12.5. The predicted molar refractivity (Wildman–Crippen MR) is 99.1 cm³/mol. The molecule has 3 aromatic rings. The minimum Gasteiger partial charge on any atom is -0.472 e. The summed E-state index contributed by atoms with van der Waals surface area (Å²) >= 11 is 1.43. The summed E-state index contributed by atoms with van der Waals surface area (Å²) in [5.74, 6) is -0.234. The molecule has 2 N–H and O–H groups in total. The van der Waals surface area contributed by atoms with Gasteiger partial charge in [-0.25, -0.2) is 0 Å². The Balaban J connectivity index is 1.80. The van der Waals surface area contributed by atoms with Crippen molar-refractivity contribution in [1.29, 1.82) is 0 Å². The summed E-state index contributed by atoms with van der Waals surface area (Å²) in [5, 5.41) is 15.9. The Morgan fingerprint density at radius 1 is 1.28 bits per heavy atom. The number of carbonyl (C=O) groups excluding carboxylic acids is 1. The van der Waals surface area contributed by atoms with E-state index in [0.717, 1.165) is 10.6 Å². The van der Waals surface area contributed by atoms with Gasteiger partial charge in [-0.2, -0.15) is 0 Å². The van der Waals surface area contributed by atoms with E-state index in [4.69, 9.17) is 4.42 Å². The Hall–Kier alpha value is -2.57. The van der Waals surface area contributed by atoms with E-state index in [1.54, 1.807) is 12.1 Å². The normalized spacial score (nSPS) is 13.2. The fraction of sp³-hybridized carbons (Fsp3) is 0.211. The van der Waals surface area contributed by atoms with Crippen molar-refractivity contribution in [2.75, 3.05) is 25.5 Å². The van der Waals surface area contributed by atoms with E-state index in [1.165, 1.54) is 23.9 Å². The van der Waals surface area contributed by atoms with Gasteiger partial charge in [-0.1, -0.05) is 12.1 Å². The summed E-state index contributed by atoms with van der Waals surface area (Å²) in [7, 11) is 3.84. The average molecular weight is 356 g/mol. The quantitative estimate of drug-likeness (QED) is 0.712. The van der Waals surface area contributed by atoms with Gasteiger partial charge in [0.15, 0.2) is 0 Å². The number of benzene rings is 1. The molecule has 1 amide bonds. The summed E-state index contributed by atoms with van der Waals surface area (Å²) in [4.78, 5) is 15.2. The Bertz CT molecular complexity index is 792. The molecule has 3 rings (SSSR count). The van der Waals surface area contributed by atoms with Crippen LogP contribution in [-0.4, -0.2) is 31.7 Å². The molecule has 0 saturated heterocycles. The lowest BCUT2D eigenvalue weighted by Gasteiger charge is -2.26. The molecule has 0 aliphatic carbocycles. The molecule has 0 aliphatic heterocycles. The number of rotatable bonds is 6. The van der Waals surface area contributed by atoms with Crippen molar-refractivity contribution >= 4 is 22.9 Å². The number of amides is 1. The zero-order chi connectivity index (χ0) is 17.9. The molecular formula is C19H20N2O3S. The first-order valence-electron chi connectivity index (χ1n) is 7.85. The monoisotopic (exact) mass is 356 g/mol. The number of aliphatic hydroxyl groups is 1. The molecular weight excluding hydrogens is 336 g/mol. The van der Waals surface area contributed by atoms with Crippen LogP contribution < -0.4 is 10.2 Å². The third kappa shape index (κ3) is 3.60. The van der Waals surface area contributed by atoms with Gasteiger partial charge in [0.05, 0.1) is 19.1 Å². The molecule has 2 aromatic heterocycles. The number of anilines is 1. The topological polar surface area (TPSA) is 65.7 Å². The zero-order valence-corrected chi connectivity index (χ0v) is 14.9. The fourth-order valence-electron chi connectivity index (χ4n) is 2.58. The van der Waals surface area contributed by atoms with Crippen LogP contribution in [-0.2, 0) is 5.60 Å². The van der Waals surface area contributed by atoms with E-state index >= 15 is 0 Å². The lowest BCUT2D eigenvalue weighted by molar-refractivity contribution is 0.0714. The molecule has 1 aromatic carbocycles. The highest BCUT2D eigenvalue weighted by Gasteiger charge is 2.34. The standard InChI is InChI=1S/C19H20N2O3S/c1-21(2)16-6-3-5-14(11-16)18(22)20-13-19(23,15-8-9-24-12-15)17-7-4-10-25-17/h3-12,23H,13H2,1-2H3,(H,20,22)/t19-/m1/s1. The number of hydrogen-bond acceptors (Lipinski definition) is 5. The number of carbonyl (C=O) groups is 1. The van der Waals surface area contributed by atoms with Crippen LogP contribution in [0.15, 0.2) is 64.8 Å². The highest BCUT2D eigenvalue weighted by atomic mass is 32.1. The molecule has 0 bridgehead atoms. The van der Waals surface area contributed by atoms with Crippen LogP contribution in [0, 0.1) is 0 Å². The number of furan rings is 1. The lowest BCUT2D eigenvalue weighted by atomic mass is 9.94. The van der Waals surface area contributed by atoms with Gasteiger partial charge in [0.1, 0.15) is 5.60 Å². The average Bonchev–Trinajstić information content (AvgIpc) is 3.33. The molecule has 0 fully saturated rings. The van der Waals surface area contributed by atoms with Gasteiger partial charge in [0.25, 0.3) is 5.91 Å². The molecule has 5 nitrogen and oxygen atoms in total. The smallest absolute Gasteiger partial charge is 0.251 e. The number of hydrogen-bond donors (Lipinski definition) is 2. The first-order chi connectivity index (χ1) is 12.0. The largest absolute Gasteiger partial charge is 0.472 e. The first-order valence-corrected chi connectivity index (χ1v) is 8.73. The minimum absolute atomic E-state index is 0.0536. The second-order valence-corrected chi connectivity index (χ2v) is 6.92. The maximum Gasteiger partial charge on any atom is 0.251 e. The Kier molecular flexibility index (Phi) is 4.92. The van der Waals surface area contributed by atoms with Crippen molar-refractivity contribution in [2.45, 2.75) is 5.60 Å². The van der Waals surface area contributed by atoms with E-state index < -0.39 is 5.60 Å². The van der Waals surface area contributed by atoms with Gasteiger partial charge in [-0.05, 0) is 35.7 Å². The van der Waals surface area contributed by atoms with E-state index in [9.17, 15) is 9.90 Å². The predicted octanol–water partition coefficient (Wildman–Crippen LogP) is 3.07. The van der Waals surface area contributed by atoms with Gasteiger partial charge in [-0.3, -0.25) is 4.79 Å². The highest BCUT2D eigenvalue weighted by molar-refractivity contribution is 7.10. The van der Waals surface area contributed by atoms with Crippen LogP contribution in [0.1, 0.15) is 20.8 Å². The highest BCUT2D eigenvalue weighted by Crippen LogP contribution is 2.32. The second-order valence-electron chi connectivity index (χ2n) is 5.98. The summed E-state index contributed by atoms with van der Waals surface area (Å²) in [5.41, 5.74) is 0.774. The Morgan fingerprint density at radius 3 is 2.76 bits per heavy atom. The van der Waals surface area contributed by atoms with Crippen molar-refractivity contribution in [3.05, 3.63) is 76.4 Å². The molecule has 0 aliphatic rings. The molecule has 0 radical (unpaired) electrons. The van der Waals surface area contributed by atoms with Crippen LogP contribution in [0.2, 0.25) is 0 Å². The summed E-state index contributed by atoms with van der Waals surface area (Å²) in [6.45, 7) is 0.0536. The van der Waals surface area contributed by atoms with Crippen LogP contribution in [0.3, 0.4) is 0 Å². The van der Waals surface area contributed by atoms with Crippen LogP contribution in [0.25, 0.3) is 0 Å². The molecule has 6 heteroatoms. The van der Waals surface area contributed by atoms with E-state index in [1.807, 2.05) is 54.7 Å². The van der Waals surface area contributed by atoms with E-state index in [2.05, 4.69) is 5.32 Å². The third-order valence-electron chi connectivity index (χ3n) is 4.06. The number of nitrogens with one attached hydrogen (secondary N) is 1. The van der Waals surface area contributed by atoms with Crippen molar-refractivity contribution in [3.8, 4) is 0 Å². The maximum atomic E-state index is 12.5. The Morgan fingerprint density at radius 2 is 2.12 bits per heavy atom. The molecule has 2 heterocycles. The van der Waals surface area contributed by atoms with E-state index in [-0.39, 0.29) is 12.5 Å². The van der Waals surface area contributed by atoms with Gasteiger partial charge in [-0.15, -0.1) is 11.3 Å². The summed E-state index contributed by atoms with van der Waals surface area (Å²) < 4.78 is 5.12. The van der Waals surface area contributed by atoms with Crippen molar-refractivity contribution in [1.82, 2.24) is 5.32 Å². The van der Waals surface area contributed by atoms with Crippen molar-refractivity contribution in [2.24, 2.45) is 0 Å². The van der Waals surface area contributed by atoms with E-state index in [0.29, 0.717) is 11.1 Å². The molecule has 130 valence electrons. The number of thiophene rings is 1. The van der Waals surface area contributed by atoms with Crippen molar-refractivity contribution < 1.29 is 14.3 Å². The van der Waals surface area contributed by atoms with Crippen LogP contribution >= 0.6 is 11.3 Å². The van der Waals surface area contributed by atoms with Gasteiger partial charge >= 0.3 is 0 Å². The first kappa shape index (κ1) is 17.3. The second kappa shape index (κ2) is 7.13. The Labute approximate surface area is 150 Å². The van der Waals surface area contributed by atoms with Gasteiger partial charge < -0.3 is 19.7 Å². The van der Waals surface area contributed by atoms with Crippen molar-refractivity contribution in [3.63, 3.8) is 0 Å². The number of nitrogens with zero attached hydrogens (tertiary/aromatic N) is 1. The molecule has 25 heavy (non-hydrogen) atoms. The fourth-order valence-corrected chi connectivity index (χ4v) is 3.43. The summed E-state index contributed by atoms with van der Waals surface area (Å²) in [6.07, 6.45) is 3.01. The molecule has 0 spiro atoms. The molecule has 1 atom stereocenters. The lowest BCUT2D eigenvalue weighted by Crippen LogP contribution is -2.41. The zero-order valence-electron chi connectivity index (χ0n) is 14.1. The SMILES string of the molecule is CN(C)c1cccc(C(=O)NC[C@@](O)(c2ccoc2)c2cccs2)c1. The van der Waals surface area contributed by atoms with Gasteiger partial charge in [0, 0.05) is 35.8 Å². The third-order valence-corrected chi connectivity index (χ3v) is 5.08. The van der Waals surface area contributed by atoms with Crippen LogP contribution in [0.5, 0.6) is 0 Å². The van der Waals surface area contributed by atoms with Gasteiger partial charge in [0.2, 0.25) is 0 Å². The molecule has 0 unspecified atom stereocenters. The van der Waals surface area contributed by atoms with Crippen LogP contribution in [0.4, 0.5) is 5.69 Å².